The Hall–Kier alpha value is -2.06. The van der Waals surface area contributed by atoms with Gasteiger partial charge in [-0.05, 0) is 25.1 Å². The zero-order valence-electron chi connectivity index (χ0n) is 12.5. The van der Waals surface area contributed by atoms with Crippen LogP contribution in [0.1, 0.15) is 21.1 Å². The van der Waals surface area contributed by atoms with Gasteiger partial charge in [-0.1, -0.05) is 11.8 Å². The van der Waals surface area contributed by atoms with E-state index in [0.29, 0.717) is 12.2 Å². The van der Waals surface area contributed by atoms with Gasteiger partial charge >= 0.3 is 0 Å². The molecule has 4 heterocycles. The second-order valence-electron chi connectivity index (χ2n) is 5.32. The van der Waals surface area contributed by atoms with E-state index in [0.717, 1.165) is 33.7 Å². The standard InChI is InChI=1S/C15H15N5OS2/c1-9-2-3-13(23-9)11-6-12(19-18-11)14(21)16-7-10-8-20-4-5-22-15(20)17-10/h2-3,6,8H,4-5,7H2,1H3,(H,16,21)(H,18,19). The van der Waals surface area contributed by atoms with Crippen LogP contribution in [-0.4, -0.2) is 31.4 Å². The molecule has 0 saturated heterocycles. The third-order valence-electron chi connectivity index (χ3n) is 3.60. The molecule has 0 bridgehead atoms. The van der Waals surface area contributed by atoms with Crippen molar-refractivity contribution in [3.63, 3.8) is 0 Å². The van der Waals surface area contributed by atoms with Crippen LogP contribution in [0, 0.1) is 6.92 Å². The van der Waals surface area contributed by atoms with Crippen molar-refractivity contribution >= 4 is 29.0 Å². The highest BCUT2D eigenvalue weighted by atomic mass is 32.2. The Morgan fingerprint density at radius 3 is 3.17 bits per heavy atom. The van der Waals surface area contributed by atoms with Gasteiger partial charge in [0.25, 0.3) is 5.91 Å². The molecular weight excluding hydrogens is 330 g/mol. The van der Waals surface area contributed by atoms with Gasteiger partial charge in [-0.2, -0.15) is 5.10 Å². The Balaban J connectivity index is 1.41. The van der Waals surface area contributed by atoms with Crippen molar-refractivity contribution in [2.45, 2.75) is 25.2 Å². The molecule has 4 rings (SSSR count). The Labute approximate surface area is 141 Å². The van der Waals surface area contributed by atoms with Gasteiger partial charge in [0.15, 0.2) is 10.9 Å². The lowest BCUT2D eigenvalue weighted by atomic mass is 10.3. The molecule has 3 aromatic rings. The van der Waals surface area contributed by atoms with Gasteiger partial charge in [-0.25, -0.2) is 4.98 Å². The second kappa shape index (κ2) is 5.86. The Bertz CT molecular complexity index is 841. The molecule has 0 unspecified atom stereocenters. The number of thiophene rings is 1. The Morgan fingerprint density at radius 1 is 1.48 bits per heavy atom. The first-order valence-electron chi connectivity index (χ1n) is 7.28. The zero-order valence-corrected chi connectivity index (χ0v) is 14.1. The summed E-state index contributed by atoms with van der Waals surface area (Å²) >= 11 is 3.42. The molecule has 0 saturated carbocycles. The van der Waals surface area contributed by atoms with Crippen LogP contribution in [-0.2, 0) is 13.1 Å². The topological polar surface area (TPSA) is 75.6 Å². The van der Waals surface area contributed by atoms with Crippen molar-refractivity contribution < 1.29 is 4.79 Å². The summed E-state index contributed by atoms with van der Waals surface area (Å²) in [5.41, 5.74) is 2.14. The molecular formula is C15H15N5OS2. The number of thioether (sulfide) groups is 1. The maximum Gasteiger partial charge on any atom is 0.272 e. The molecule has 0 radical (unpaired) electrons. The van der Waals surface area contributed by atoms with E-state index in [1.165, 1.54) is 4.88 Å². The van der Waals surface area contributed by atoms with Crippen molar-refractivity contribution in [1.29, 1.82) is 0 Å². The number of carbonyl (C=O) groups is 1. The molecule has 1 amide bonds. The molecule has 6 nitrogen and oxygen atoms in total. The summed E-state index contributed by atoms with van der Waals surface area (Å²) in [6, 6.07) is 5.86. The molecule has 0 spiro atoms. The number of nitrogens with one attached hydrogen (secondary N) is 2. The quantitative estimate of drug-likeness (QED) is 0.762. The summed E-state index contributed by atoms with van der Waals surface area (Å²) in [6.07, 6.45) is 2.00. The first-order chi connectivity index (χ1) is 11.2. The number of rotatable bonds is 4. The number of nitrogens with zero attached hydrogens (tertiary/aromatic N) is 3. The lowest BCUT2D eigenvalue weighted by Crippen LogP contribution is -2.23. The number of imidazole rings is 1. The van der Waals surface area contributed by atoms with Crippen molar-refractivity contribution in [1.82, 2.24) is 25.1 Å². The fourth-order valence-electron chi connectivity index (χ4n) is 2.45. The highest BCUT2D eigenvalue weighted by molar-refractivity contribution is 7.99. The minimum absolute atomic E-state index is 0.193. The summed E-state index contributed by atoms with van der Waals surface area (Å²) in [5, 5.41) is 10.9. The lowest BCUT2D eigenvalue weighted by Gasteiger charge is -1.99. The summed E-state index contributed by atoms with van der Waals surface area (Å²) in [7, 11) is 0. The number of H-pyrrole nitrogens is 1. The van der Waals surface area contributed by atoms with Crippen molar-refractivity contribution in [2.24, 2.45) is 0 Å². The largest absolute Gasteiger partial charge is 0.345 e. The number of hydrogen-bond acceptors (Lipinski definition) is 5. The van der Waals surface area contributed by atoms with Crippen molar-refractivity contribution in [3.05, 3.63) is 40.7 Å². The third kappa shape index (κ3) is 2.91. The third-order valence-corrected chi connectivity index (χ3v) is 5.60. The van der Waals surface area contributed by atoms with Gasteiger partial charge in [0.05, 0.1) is 22.8 Å². The Kier molecular flexibility index (Phi) is 3.70. The molecule has 3 aromatic heterocycles. The smallest absolute Gasteiger partial charge is 0.272 e. The molecule has 0 aromatic carbocycles. The molecule has 0 aliphatic carbocycles. The average molecular weight is 345 g/mol. The lowest BCUT2D eigenvalue weighted by molar-refractivity contribution is 0.0945. The van der Waals surface area contributed by atoms with Crippen LogP contribution in [0.15, 0.2) is 29.6 Å². The van der Waals surface area contributed by atoms with Gasteiger partial charge in [0.2, 0.25) is 0 Å². The predicted octanol–water partition coefficient (Wildman–Crippen LogP) is 2.68. The van der Waals surface area contributed by atoms with Crippen molar-refractivity contribution in [3.8, 4) is 10.6 Å². The molecule has 118 valence electrons. The highest BCUT2D eigenvalue weighted by Gasteiger charge is 2.16. The average Bonchev–Trinajstić information content (AvgIpc) is 3.27. The van der Waals surface area contributed by atoms with E-state index >= 15 is 0 Å². The fraction of sp³-hybridized carbons (Fsp3) is 0.267. The molecule has 0 fully saturated rings. The van der Waals surface area contributed by atoms with E-state index in [1.807, 2.05) is 12.3 Å². The predicted molar refractivity (Wildman–Crippen MR) is 90.8 cm³/mol. The van der Waals surface area contributed by atoms with Crippen LogP contribution in [0.5, 0.6) is 0 Å². The van der Waals surface area contributed by atoms with Crippen LogP contribution >= 0.6 is 23.1 Å². The molecule has 8 heteroatoms. The monoisotopic (exact) mass is 345 g/mol. The van der Waals surface area contributed by atoms with Gasteiger partial charge in [0.1, 0.15) is 0 Å². The van der Waals surface area contributed by atoms with E-state index < -0.39 is 0 Å². The normalized spacial score (nSPS) is 13.3. The first-order valence-corrected chi connectivity index (χ1v) is 9.08. The Morgan fingerprint density at radius 2 is 2.39 bits per heavy atom. The summed E-state index contributed by atoms with van der Waals surface area (Å²) in [6.45, 7) is 3.46. The van der Waals surface area contributed by atoms with Gasteiger partial charge < -0.3 is 9.88 Å². The molecule has 2 N–H and O–H groups in total. The van der Waals surface area contributed by atoms with Crippen LogP contribution < -0.4 is 5.32 Å². The number of carbonyl (C=O) groups excluding carboxylic acids is 1. The number of aryl methyl sites for hydroxylation is 2. The maximum atomic E-state index is 12.2. The fourth-order valence-corrected chi connectivity index (χ4v) is 4.25. The van der Waals surface area contributed by atoms with E-state index in [4.69, 9.17) is 0 Å². The SMILES string of the molecule is Cc1ccc(-c2cc(C(=O)NCc3cn4c(n3)SCC4)n[nH]2)s1. The number of aromatic nitrogens is 4. The number of aromatic amines is 1. The van der Waals surface area contributed by atoms with E-state index in [9.17, 15) is 4.79 Å². The van der Waals surface area contributed by atoms with Crippen LogP contribution in [0.2, 0.25) is 0 Å². The number of amides is 1. The zero-order chi connectivity index (χ0) is 15.8. The number of hydrogen-bond donors (Lipinski definition) is 2. The molecule has 1 aliphatic heterocycles. The maximum absolute atomic E-state index is 12.2. The van der Waals surface area contributed by atoms with Gasteiger partial charge in [-0.3, -0.25) is 9.89 Å². The van der Waals surface area contributed by atoms with Crippen LogP contribution in [0.4, 0.5) is 0 Å². The molecule has 1 aliphatic rings. The van der Waals surface area contributed by atoms with E-state index in [2.05, 4.69) is 38.1 Å². The highest BCUT2D eigenvalue weighted by Crippen LogP contribution is 2.26. The molecule has 23 heavy (non-hydrogen) atoms. The van der Waals surface area contributed by atoms with E-state index in [1.54, 1.807) is 29.2 Å². The second-order valence-corrected chi connectivity index (χ2v) is 7.67. The van der Waals surface area contributed by atoms with Gasteiger partial charge in [-0.15, -0.1) is 11.3 Å². The molecule has 0 atom stereocenters. The summed E-state index contributed by atoms with van der Waals surface area (Å²) < 4.78 is 2.12. The summed E-state index contributed by atoms with van der Waals surface area (Å²) in [4.78, 5) is 19.0. The minimum atomic E-state index is -0.193. The number of fused-ring (bicyclic) bond motifs is 1. The van der Waals surface area contributed by atoms with Crippen molar-refractivity contribution in [2.75, 3.05) is 5.75 Å². The summed E-state index contributed by atoms with van der Waals surface area (Å²) in [5.74, 6) is 0.884. The van der Waals surface area contributed by atoms with Crippen LogP contribution in [0.25, 0.3) is 10.6 Å². The van der Waals surface area contributed by atoms with E-state index in [-0.39, 0.29) is 5.91 Å². The van der Waals surface area contributed by atoms with Gasteiger partial charge in [0, 0.05) is 23.4 Å². The van der Waals surface area contributed by atoms with Crippen LogP contribution in [0.3, 0.4) is 0 Å². The minimum Gasteiger partial charge on any atom is -0.345 e. The first kappa shape index (κ1) is 14.5.